The molecule has 0 radical (unpaired) electrons. The van der Waals surface area contributed by atoms with E-state index >= 15 is 0 Å². The Bertz CT molecular complexity index is 114. The van der Waals surface area contributed by atoms with Gasteiger partial charge in [0.25, 0.3) is 0 Å². The Morgan fingerprint density at radius 3 is 2.78 bits per heavy atom. The summed E-state index contributed by atoms with van der Waals surface area (Å²) in [5, 5.41) is 3.40. The minimum Gasteiger partial charge on any atom is -0.386 e. The van der Waals surface area contributed by atoms with Crippen molar-refractivity contribution in [3.63, 3.8) is 0 Å². The third-order valence-corrected chi connectivity index (χ3v) is 1.52. The van der Waals surface area contributed by atoms with Crippen molar-refractivity contribution in [2.24, 2.45) is 0 Å². The Balaban J connectivity index is 2.26. The number of rotatable bonds is 2. The summed E-state index contributed by atoms with van der Waals surface area (Å²) in [5.41, 5.74) is 1.45. The zero-order chi connectivity index (χ0) is 6.69. The van der Waals surface area contributed by atoms with Crippen LogP contribution in [-0.4, -0.2) is 6.04 Å². The second kappa shape index (κ2) is 2.90. The second-order valence-electron chi connectivity index (χ2n) is 2.92. The van der Waals surface area contributed by atoms with Gasteiger partial charge < -0.3 is 5.32 Å². The molecule has 0 aliphatic heterocycles. The molecule has 0 fully saturated rings. The molecule has 1 N–H and O–H groups in total. The van der Waals surface area contributed by atoms with Gasteiger partial charge in [-0.05, 0) is 33.1 Å². The third-order valence-electron chi connectivity index (χ3n) is 1.52. The number of nitrogens with one attached hydrogen (secondary N) is 1. The lowest BCUT2D eigenvalue weighted by atomic mass is 10.3. The van der Waals surface area contributed by atoms with Crippen molar-refractivity contribution in [3.8, 4) is 0 Å². The molecule has 0 saturated carbocycles. The van der Waals surface area contributed by atoms with E-state index in [1.165, 1.54) is 25.0 Å². The molecule has 0 aromatic carbocycles. The second-order valence-corrected chi connectivity index (χ2v) is 2.92. The Morgan fingerprint density at radius 1 is 1.56 bits per heavy atom. The van der Waals surface area contributed by atoms with Crippen molar-refractivity contribution in [2.45, 2.75) is 39.2 Å². The fraction of sp³-hybridized carbons (Fsp3) is 0.750. The van der Waals surface area contributed by atoms with Gasteiger partial charge in [-0.2, -0.15) is 0 Å². The summed E-state index contributed by atoms with van der Waals surface area (Å²) in [6.07, 6.45) is 6.18. The van der Waals surface area contributed by atoms with Gasteiger partial charge in [0, 0.05) is 11.7 Å². The minimum atomic E-state index is 0.606. The quantitative estimate of drug-likeness (QED) is 0.595. The lowest BCUT2D eigenvalue weighted by molar-refractivity contribution is 0.650. The van der Waals surface area contributed by atoms with Crippen LogP contribution in [0, 0.1) is 0 Å². The van der Waals surface area contributed by atoms with E-state index in [1.54, 1.807) is 0 Å². The van der Waals surface area contributed by atoms with Crippen LogP contribution >= 0.6 is 0 Å². The Morgan fingerprint density at radius 2 is 2.33 bits per heavy atom. The molecule has 0 amide bonds. The molecule has 0 saturated heterocycles. The largest absolute Gasteiger partial charge is 0.386 e. The molecule has 0 bridgehead atoms. The van der Waals surface area contributed by atoms with Gasteiger partial charge in [0.1, 0.15) is 0 Å². The molecule has 9 heavy (non-hydrogen) atoms. The average molecular weight is 125 g/mol. The number of allylic oxidation sites excluding steroid dienone is 2. The summed E-state index contributed by atoms with van der Waals surface area (Å²) in [4.78, 5) is 0. The Labute approximate surface area is 57.1 Å². The highest BCUT2D eigenvalue weighted by Crippen LogP contribution is 2.14. The van der Waals surface area contributed by atoms with E-state index in [1.807, 2.05) is 0 Å². The predicted octanol–water partition coefficient (Wildman–Crippen LogP) is 2.05. The van der Waals surface area contributed by atoms with Crippen molar-refractivity contribution < 1.29 is 0 Å². The van der Waals surface area contributed by atoms with Crippen molar-refractivity contribution >= 4 is 0 Å². The summed E-state index contributed by atoms with van der Waals surface area (Å²) in [6, 6.07) is 0.606. The lowest BCUT2D eigenvalue weighted by Crippen LogP contribution is -2.20. The average Bonchev–Trinajstić information content (AvgIpc) is 2.15. The van der Waals surface area contributed by atoms with Crippen LogP contribution in [0.4, 0.5) is 0 Å². The first-order valence-corrected chi connectivity index (χ1v) is 3.74. The van der Waals surface area contributed by atoms with E-state index < -0.39 is 0 Å². The summed E-state index contributed by atoms with van der Waals surface area (Å²) in [5.74, 6) is 0. The van der Waals surface area contributed by atoms with E-state index in [0.29, 0.717) is 6.04 Å². The van der Waals surface area contributed by atoms with Crippen molar-refractivity contribution in [1.29, 1.82) is 0 Å². The van der Waals surface area contributed by atoms with Gasteiger partial charge in [0.05, 0.1) is 0 Å². The molecule has 0 atom stereocenters. The first-order chi connectivity index (χ1) is 4.29. The Hall–Kier alpha value is -0.460. The lowest BCUT2D eigenvalue weighted by Gasteiger charge is -2.09. The van der Waals surface area contributed by atoms with Crippen LogP contribution in [0.15, 0.2) is 11.8 Å². The first kappa shape index (κ1) is 6.66. The van der Waals surface area contributed by atoms with E-state index in [9.17, 15) is 0 Å². The van der Waals surface area contributed by atoms with Gasteiger partial charge >= 0.3 is 0 Å². The van der Waals surface area contributed by atoms with Crippen molar-refractivity contribution in [3.05, 3.63) is 11.8 Å². The van der Waals surface area contributed by atoms with Crippen LogP contribution in [0.2, 0.25) is 0 Å². The maximum Gasteiger partial charge on any atom is 0.0201 e. The van der Waals surface area contributed by atoms with Gasteiger partial charge in [-0.1, -0.05) is 6.08 Å². The SMILES string of the molecule is CC(C)NC1=CCCC1. The van der Waals surface area contributed by atoms with Gasteiger partial charge in [0.2, 0.25) is 0 Å². The van der Waals surface area contributed by atoms with Crippen LogP contribution in [-0.2, 0) is 0 Å². The number of hydrogen-bond donors (Lipinski definition) is 1. The van der Waals surface area contributed by atoms with E-state index in [-0.39, 0.29) is 0 Å². The molecule has 1 heteroatoms. The topological polar surface area (TPSA) is 12.0 Å². The molecule has 0 heterocycles. The zero-order valence-corrected chi connectivity index (χ0v) is 6.28. The molecule has 1 aliphatic carbocycles. The molecule has 52 valence electrons. The normalized spacial score (nSPS) is 18.3. The fourth-order valence-electron chi connectivity index (χ4n) is 1.17. The standard InChI is InChI=1S/C8H15N/c1-7(2)9-8-5-3-4-6-8/h5,7,9H,3-4,6H2,1-2H3. The zero-order valence-electron chi connectivity index (χ0n) is 6.28. The third kappa shape index (κ3) is 2.08. The highest BCUT2D eigenvalue weighted by Gasteiger charge is 2.03. The molecule has 1 aliphatic rings. The van der Waals surface area contributed by atoms with E-state index in [0.717, 1.165) is 0 Å². The van der Waals surface area contributed by atoms with E-state index in [4.69, 9.17) is 0 Å². The summed E-state index contributed by atoms with van der Waals surface area (Å²) in [7, 11) is 0. The molecule has 0 spiro atoms. The monoisotopic (exact) mass is 125 g/mol. The van der Waals surface area contributed by atoms with Crippen LogP contribution < -0.4 is 5.32 Å². The summed E-state index contributed by atoms with van der Waals surface area (Å²) < 4.78 is 0. The van der Waals surface area contributed by atoms with E-state index in [2.05, 4.69) is 25.2 Å². The highest BCUT2D eigenvalue weighted by atomic mass is 14.9. The van der Waals surface area contributed by atoms with Crippen LogP contribution in [0.25, 0.3) is 0 Å². The fourth-order valence-corrected chi connectivity index (χ4v) is 1.17. The summed E-state index contributed by atoms with van der Waals surface area (Å²) in [6.45, 7) is 4.36. The molecular formula is C8H15N. The molecule has 0 aromatic rings. The van der Waals surface area contributed by atoms with Crippen LogP contribution in [0.3, 0.4) is 0 Å². The van der Waals surface area contributed by atoms with Crippen LogP contribution in [0.5, 0.6) is 0 Å². The molecule has 1 rings (SSSR count). The van der Waals surface area contributed by atoms with Gasteiger partial charge in [-0.25, -0.2) is 0 Å². The van der Waals surface area contributed by atoms with Crippen molar-refractivity contribution in [1.82, 2.24) is 5.32 Å². The van der Waals surface area contributed by atoms with Gasteiger partial charge in [-0.15, -0.1) is 0 Å². The van der Waals surface area contributed by atoms with Crippen LogP contribution in [0.1, 0.15) is 33.1 Å². The maximum absolute atomic E-state index is 3.40. The number of hydrogen-bond acceptors (Lipinski definition) is 1. The minimum absolute atomic E-state index is 0.606. The molecule has 0 aromatic heterocycles. The van der Waals surface area contributed by atoms with Crippen molar-refractivity contribution in [2.75, 3.05) is 0 Å². The first-order valence-electron chi connectivity index (χ1n) is 3.74. The highest BCUT2D eigenvalue weighted by molar-refractivity contribution is 5.05. The summed E-state index contributed by atoms with van der Waals surface area (Å²) >= 11 is 0. The smallest absolute Gasteiger partial charge is 0.0201 e. The predicted molar refractivity (Wildman–Crippen MR) is 40.2 cm³/mol. The molecular weight excluding hydrogens is 110 g/mol. The van der Waals surface area contributed by atoms with Gasteiger partial charge in [-0.3, -0.25) is 0 Å². The molecule has 0 unspecified atom stereocenters. The maximum atomic E-state index is 3.40. The van der Waals surface area contributed by atoms with Gasteiger partial charge in [0.15, 0.2) is 0 Å². The molecule has 1 nitrogen and oxygen atoms in total. The Kier molecular flexibility index (Phi) is 2.15.